The van der Waals surface area contributed by atoms with Crippen LogP contribution in [0.15, 0.2) is 12.1 Å². The molecule has 20 heavy (non-hydrogen) atoms. The fraction of sp³-hybridized carbons (Fsp3) is 0.571. The topological polar surface area (TPSA) is 54.0 Å². The van der Waals surface area contributed by atoms with Crippen LogP contribution in [0.2, 0.25) is 5.02 Å². The van der Waals surface area contributed by atoms with Crippen LogP contribution < -0.4 is 14.8 Å². The number of nitrogens with zero attached hydrogens (tertiary/aromatic N) is 1. The smallest absolute Gasteiger partial charge is 0.179 e. The first kappa shape index (κ1) is 17.0. The highest BCUT2D eigenvalue weighted by Gasteiger charge is 2.12. The molecule has 1 aromatic carbocycles. The van der Waals surface area contributed by atoms with Crippen molar-refractivity contribution in [3.63, 3.8) is 0 Å². The molecule has 0 bridgehead atoms. The number of methoxy groups -OCH3 is 1. The van der Waals surface area contributed by atoms with E-state index in [9.17, 15) is 0 Å². The van der Waals surface area contributed by atoms with Crippen LogP contribution >= 0.6 is 11.6 Å². The van der Waals surface area contributed by atoms with Gasteiger partial charge in [0, 0.05) is 19.6 Å². The van der Waals surface area contributed by atoms with Crippen LogP contribution in [0.25, 0.3) is 0 Å². The number of nitrogens with one attached hydrogen (secondary N) is 1. The zero-order valence-corrected chi connectivity index (χ0v) is 13.0. The number of aliphatic hydroxyl groups is 1. The third kappa shape index (κ3) is 5.54. The maximum atomic E-state index is 8.75. The van der Waals surface area contributed by atoms with E-state index in [0.29, 0.717) is 36.2 Å². The van der Waals surface area contributed by atoms with Gasteiger partial charge in [-0.2, -0.15) is 0 Å². The number of rotatable bonds is 9. The lowest BCUT2D eigenvalue weighted by atomic mass is 10.2. The first-order chi connectivity index (χ1) is 9.58. The third-order valence-corrected chi connectivity index (χ3v) is 2.97. The van der Waals surface area contributed by atoms with Crippen molar-refractivity contribution < 1.29 is 14.6 Å². The number of halogens is 1. The highest BCUT2D eigenvalue weighted by molar-refractivity contribution is 6.32. The number of aliphatic hydroxyl groups excluding tert-OH is 1. The number of likely N-dealkylation sites (N-methyl/N-ethyl adjacent to an activating group) is 1. The lowest BCUT2D eigenvalue weighted by Crippen LogP contribution is -2.20. The van der Waals surface area contributed by atoms with Gasteiger partial charge in [-0.3, -0.25) is 0 Å². The van der Waals surface area contributed by atoms with Crippen molar-refractivity contribution in [3.8, 4) is 11.5 Å². The van der Waals surface area contributed by atoms with Crippen molar-refractivity contribution in [2.24, 2.45) is 0 Å². The Kier molecular flexibility index (Phi) is 7.69. The summed E-state index contributed by atoms with van der Waals surface area (Å²) in [6, 6.07) is 3.74. The summed E-state index contributed by atoms with van der Waals surface area (Å²) in [6.45, 7) is 2.62. The molecular formula is C14H23ClN2O3. The minimum absolute atomic E-state index is 0.108. The molecule has 0 fully saturated rings. The first-order valence-electron chi connectivity index (χ1n) is 6.54. The molecule has 1 rings (SSSR count). The van der Waals surface area contributed by atoms with Gasteiger partial charge in [-0.05, 0) is 31.8 Å². The van der Waals surface area contributed by atoms with Gasteiger partial charge in [0.15, 0.2) is 11.5 Å². The van der Waals surface area contributed by atoms with Gasteiger partial charge in [0.25, 0.3) is 0 Å². The van der Waals surface area contributed by atoms with E-state index in [1.807, 2.05) is 31.1 Å². The Bertz CT molecular complexity index is 414. The second-order valence-corrected chi connectivity index (χ2v) is 5.07. The molecule has 0 heterocycles. The van der Waals surface area contributed by atoms with Gasteiger partial charge in [-0.1, -0.05) is 11.6 Å². The Hall–Kier alpha value is -1.01. The number of hydrogen-bond donors (Lipinski definition) is 2. The Morgan fingerprint density at radius 3 is 2.70 bits per heavy atom. The van der Waals surface area contributed by atoms with Gasteiger partial charge in [-0.25, -0.2) is 0 Å². The Morgan fingerprint density at radius 2 is 2.10 bits per heavy atom. The van der Waals surface area contributed by atoms with E-state index in [-0.39, 0.29) is 6.61 Å². The molecule has 0 aliphatic heterocycles. The monoisotopic (exact) mass is 302 g/mol. The van der Waals surface area contributed by atoms with Crippen LogP contribution in [-0.4, -0.2) is 57.5 Å². The predicted octanol–water partition coefficient (Wildman–Crippen LogP) is 1.37. The molecule has 0 aromatic heterocycles. The summed E-state index contributed by atoms with van der Waals surface area (Å²) in [5.74, 6) is 1.19. The molecule has 0 spiro atoms. The van der Waals surface area contributed by atoms with E-state index in [1.54, 1.807) is 7.11 Å². The van der Waals surface area contributed by atoms with E-state index in [0.717, 1.165) is 12.1 Å². The highest BCUT2D eigenvalue weighted by atomic mass is 35.5. The number of ether oxygens (including phenoxy) is 2. The molecule has 2 N–H and O–H groups in total. The Balaban J connectivity index is 2.74. The van der Waals surface area contributed by atoms with E-state index >= 15 is 0 Å². The predicted molar refractivity (Wildman–Crippen MR) is 80.8 cm³/mol. The van der Waals surface area contributed by atoms with E-state index in [4.69, 9.17) is 26.2 Å². The molecule has 0 amide bonds. The molecule has 0 atom stereocenters. The van der Waals surface area contributed by atoms with Crippen molar-refractivity contribution in [3.05, 3.63) is 22.7 Å². The number of benzene rings is 1. The largest absolute Gasteiger partial charge is 0.493 e. The maximum Gasteiger partial charge on any atom is 0.179 e. The summed E-state index contributed by atoms with van der Waals surface area (Å²) < 4.78 is 11.0. The summed E-state index contributed by atoms with van der Waals surface area (Å²) in [4.78, 5) is 2.04. The van der Waals surface area contributed by atoms with Crippen molar-refractivity contribution in [1.82, 2.24) is 10.2 Å². The highest BCUT2D eigenvalue weighted by Crippen LogP contribution is 2.36. The van der Waals surface area contributed by atoms with Crippen LogP contribution in [0.1, 0.15) is 5.56 Å². The zero-order valence-electron chi connectivity index (χ0n) is 12.3. The quantitative estimate of drug-likeness (QED) is 0.675. The molecule has 1 aromatic rings. The standard InChI is InChI=1S/C14H23ClN2O3/c1-17(2)5-7-20-14-12(15)8-11(9-13(14)19-3)10-16-4-6-18/h8-9,16,18H,4-7,10H2,1-3H3. The molecule has 5 nitrogen and oxygen atoms in total. The van der Waals surface area contributed by atoms with Gasteiger partial charge in [0.05, 0.1) is 18.7 Å². The minimum atomic E-state index is 0.108. The Morgan fingerprint density at radius 1 is 1.35 bits per heavy atom. The average molecular weight is 303 g/mol. The van der Waals surface area contributed by atoms with Crippen LogP contribution in [0, 0.1) is 0 Å². The molecule has 0 saturated heterocycles. The van der Waals surface area contributed by atoms with Crippen molar-refractivity contribution in [1.29, 1.82) is 0 Å². The molecule has 0 radical (unpaired) electrons. The summed E-state index contributed by atoms with van der Waals surface area (Å²) in [5.41, 5.74) is 0.986. The fourth-order valence-corrected chi connectivity index (χ4v) is 1.95. The van der Waals surface area contributed by atoms with Crippen LogP contribution in [0.5, 0.6) is 11.5 Å². The van der Waals surface area contributed by atoms with Gasteiger partial charge in [0.2, 0.25) is 0 Å². The van der Waals surface area contributed by atoms with Gasteiger partial charge in [0.1, 0.15) is 6.61 Å². The van der Waals surface area contributed by atoms with Crippen LogP contribution in [-0.2, 0) is 6.54 Å². The van der Waals surface area contributed by atoms with E-state index in [1.165, 1.54) is 0 Å². The summed E-state index contributed by atoms with van der Waals surface area (Å²) >= 11 is 6.25. The minimum Gasteiger partial charge on any atom is -0.493 e. The fourth-order valence-electron chi connectivity index (χ4n) is 1.66. The Labute approximate surface area is 125 Å². The molecule has 0 saturated carbocycles. The van der Waals surface area contributed by atoms with Gasteiger partial charge in [-0.15, -0.1) is 0 Å². The first-order valence-corrected chi connectivity index (χ1v) is 6.91. The van der Waals surface area contributed by atoms with Crippen molar-refractivity contribution >= 4 is 11.6 Å². The summed E-state index contributed by atoms with van der Waals surface area (Å²) in [5, 5.41) is 12.4. The molecule has 0 unspecified atom stereocenters. The molecule has 6 heteroatoms. The summed E-state index contributed by atoms with van der Waals surface area (Å²) in [6.07, 6.45) is 0. The van der Waals surface area contributed by atoms with Crippen LogP contribution in [0.3, 0.4) is 0 Å². The SMILES string of the molecule is COc1cc(CNCCO)cc(Cl)c1OCCN(C)C. The second kappa shape index (κ2) is 9.02. The zero-order chi connectivity index (χ0) is 15.0. The van der Waals surface area contributed by atoms with E-state index < -0.39 is 0 Å². The second-order valence-electron chi connectivity index (χ2n) is 4.66. The number of hydrogen-bond acceptors (Lipinski definition) is 5. The molecule has 114 valence electrons. The van der Waals surface area contributed by atoms with Gasteiger partial charge >= 0.3 is 0 Å². The normalized spacial score (nSPS) is 10.9. The average Bonchev–Trinajstić information content (AvgIpc) is 2.40. The van der Waals surface area contributed by atoms with E-state index in [2.05, 4.69) is 5.32 Å². The lowest BCUT2D eigenvalue weighted by Gasteiger charge is -2.16. The van der Waals surface area contributed by atoms with Gasteiger partial charge < -0.3 is 24.8 Å². The van der Waals surface area contributed by atoms with Crippen LogP contribution in [0.4, 0.5) is 0 Å². The lowest BCUT2D eigenvalue weighted by molar-refractivity contribution is 0.250. The third-order valence-electron chi connectivity index (χ3n) is 2.69. The molecular weight excluding hydrogens is 280 g/mol. The molecule has 0 aliphatic carbocycles. The summed E-state index contributed by atoms with van der Waals surface area (Å²) in [7, 11) is 5.56. The molecule has 0 aliphatic rings. The van der Waals surface area contributed by atoms with Crippen molar-refractivity contribution in [2.75, 3.05) is 47.5 Å². The van der Waals surface area contributed by atoms with Crippen molar-refractivity contribution in [2.45, 2.75) is 6.54 Å². The maximum absolute atomic E-state index is 8.75.